The zero-order valence-electron chi connectivity index (χ0n) is 10.9. The fourth-order valence-corrected chi connectivity index (χ4v) is 3.20. The molecule has 0 saturated carbocycles. The van der Waals surface area contributed by atoms with E-state index in [0.29, 0.717) is 5.78 Å². The maximum Gasteiger partial charge on any atom is 0.167 e. The van der Waals surface area contributed by atoms with Crippen LogP contribution in [0.3, 0.4) is 0 Å². The van der Waals surface area contributed by atoms with Crippen molar-refractivity contribution >= 4 is 5.78 Å². The number of rotatable bonds is 2. The second kappa shape index (κ2) is 5.23. The molecule has 1 unspecified atom stereocenters. The number of fused-ring (bicyclic) bond motifs is 1. The molecule has 1 saturated heterocycles. The molecule has 0 amide bonds. The molecular weight excluding hydrogens is 222 g/mol. The zero-order chi connectivity index (χ0) is 12.4. The van der Waals surface area contributed by atoms with E-state index in [4.69, 9.17) is 0 Å². The van der Waals surface area contributed by atoms with Crippen LogP contribution in [-0.4, -0.2) is 18.9 Å². The summed E-state index contributed by atoms with van der Waals surface area (Å²) in [6.07, 6.45) is 7.08. The van der Waals surface area contributed by atoms with Crippen molar-refractivity contribution in [2.45, 2.75) is 38.5 Å². The van der Waals surface area contributed by atoms with Crippen LogP contribution in [0.25, 0.3) is 0 Å². The molecule has 1 aliphatic heterocycles. The van der Waals surface area contributed by atoms with Crippen molar-refractivity contribution in [3.05, 3.63) is 34.9 Å². The van der Waals surface area contributed by atoms with Crippen LogP contribution >= 0.6 is 0 Å². The van der Waals surface area contributed by atoms with Gasteiger partial charge in [-0.25, -0.2) is 0 Å². The lowest BCUT2D eigenvalue weighted by atomic mass is 9.86. The van der Waals surface area contributed by atoms with Gasteiger partial charge in [-0.15, -0.1) is 0 Å². The lowest BCUT2D eigenvalue weighted by Gasteiger charge is -2.22. The number of hydrogen-bond donors (Lipinski definition) is 1. The van der Waals surface area contributed by atoms with Gasteiger partial charge in [0.25, 0.3) is 0 Å². The fraction of sp³-hybridized carbons (Fsp3) is 0.562. The van der Waals surface area contributed by atoms with E-state index in [-0.39, 0.29) is 5.92 Å². The van der Waals surface area contributed by atoms with E-state index in [0.717, 1.165) is 37.9 Å². The Morgan fingerprint density at radius 2 is 1.94 bits per heavy atom. The lowest BCUT2D eigenvalue weighted by molar-refractivity contribution is 0.0899. The van der Waals surface area contributed by atoms with Crippen LogP contribution in [0.4, 0.5) is 0 Å². The molecule has 0 radical (unpaired) electrons. The van der Waals surface area contributed by atoms with E-state index >= 15 is 0 Å². The van der Waals surface area contributed by atoms with Gasteiger partial charge in [0.15, 0.2) is 5.78 Å². The molecule has 2 nitrogen and oxygen atoms in total. The highest BCUT2D eigenvalue weighted by Crippen LogP contribution is 2.24. The van der Waals surface area contributed by atoms with Gasteiger partial charge in [0.2, 0.25) is 0 Å². The van der Waals surface area contributed by atoms with Gasteiger partial charge in [-0.2, -0.15) is 0 Å². The van der Waals surface area contributed by atoms with Crippen LogP contribution in [0, 0.1) is 5.92 Å². The molecule has 96 valence electrons. The highest BCUT2D eigenvalue weighted by atomic mass is 16.1. The van der Waals surface area contributed by atoms with E-state index in [1.54, 1.807) is 0 Å². The van der Waals surface area contributed by atoms with Gasteiger partial charge in [0.05, 0.1) is 0 Å². The summed E-state index contributed by atoms with van der Waals surface area (Å²) in [5, 5.41) is 3.33. The SMILES string of the molecule is O=C(c1ccc2c(c1)CCCC2)C1CCCNC1. The zero-order valence-corrected chi connectivity index (χ0v) is 10.9. The van der Waals surface area contributed by atoms with Gasteiger partial charge >= 0.3 is 0 Å². The van der Waals surface area contributed by atoms with Gasteiger partial charge < -0.3 is 5.32 Å². The minimum atomic E-state index is 0.195. The third-order valence-corrected chi connectivity index (χ3v) is 4.30. The quantitative estimate of drug-likeness (QED) is 0.809. The maximum atomic E-state index is 12.4. The number of benzene rings is 1. The van der Waals surface area contributed by atoms with E-state index < -0.39 is 0 Å². The summed E-state index contributed by atoms with van der Waals surface area (Å²) in [7, 11) is 0. The second-order valence-corrected chi connectivity index (χ2v) is 5.60. The summed E-state index contributed by atoms with van der Waals surface area (Å²) < 4.78 is 0. The summed E-state index contributed by atoms with van der Waals surface area (Å²) in [6.45, 7) is 1.92. The normalized spacial score (nSPS) is 23.4. The number of carbonyl (C=O) groups excluding carboxylic acids is 1. The molecule has 3 rings (SSSR count). The highest BCUT2D eigenvalue weighted by Gasteiger charge is 2.23. The molecule has 1 heterocycles. The minimum absolute atomic E-state index is 0.195. The van der Waals surface area contributed by atoms with Crippen LogP contribution in [0.1, 0.15) is 47.2 Å². The number of hydrogen-bond acceptors (Lipinski definition) is 2. The topological polar surface area (TPSA) is 29.1 Å². The Balaban J connectivity index is 1.80. The van der Waals surface area contributed by atoms with E-state index in [1.807, 2.05) is 6.07 Å². The van der Waals surface area contributed by atoms with Gasteiger partial charge in [0.1, 0.15) is 0 Å². The molecule has 1 aliphatic carbocycles. The molecule has 1 aromatic carbocycles. The summed E-state index contributed by atoms with van der Waals surface area (Å²) in [4.78, 5) is 12.4. The van der Waals surface area contributed by atoms with Crippen LogP contribution < -0.4 is 5.32 Å². The van der Waals surface area contributed by atoms with Gasteiger partial charge in [-0.05, 0) is 62.3 Å². The number of Topliss-reactive ketones (excluding diaryl/α,β-unsaturated/α-hetero) is 1. The second-order valence-electron chi connectivity index (χ2n) is 5.60. The molecule has 1 atom stereocenters. The number of ketones is 1. The smallest absolute Gasteiger partial charge is 0.167 e. The summed E-state index contributed by atoms with van der Waals surface area (Å²) >= 11 is 0. The van der Waals surface area contributed by atoms with E-state index in [1.165, 1.54) is 30.4 Å². The van der Waals surface area contributed by atoms with E-state index in [9.17, 15) is 4.79 Å². The van der Waals surface area contributed by atoms with Crippen molar-refractivity contribution in [2.24, 2.45) is 5.92 Å². The monoisotopic (exact) mass is 243 g/mol. The molecule has 1 fully saturated rings. The van der Waals surface area contributed by atoms with Crippen LogP contribution in [0.15, 0.2) is 18.2 Å². The fourth-order valence-electron chi connectivity index (χ4n) is 3.20. The van der Waals surface area contributed by atoms with Crippen LogP contribution in [0.2, 0.25) is 0 Å². The predicted octanol–water partition coefficient (Wildman–Crippen LogP) is 2.75. The predicted molar refractivity (Wildman–Crippen MR) is 73.0 cm³/mol. The lowest BCUT2D eigenvalue weighted by Crippen LogP contribution is -2.34. The maximum absolute atomic E-state index is 12.4. The van der Waals surface area contributed by atoms with Crippen molar-refractivity contribution in [3.8, 4) is 0 Å². The highest BCUT2D eigenvalue weighted by molar-refractivity contribution is 5.98. The molecule has 0 aromatic heterocycles. The summed E-state index contributed by atoms with van der Waals surface area (Å²) in [6, 6.07) is 6.38. The Hall–Kier alpha value is -1.15. The molecule has 18 heavy (non-hydrogen) atoms. The Kier molecular flexibility index (Phi) is 3.46. The third-order valence-electron chi connectivity index (χ3n) is 4.30. The van der Waals surface area contributed by atoms with Gasteiger partial charge in [0, 0.05) is 18.0 Å². The summed E-state index contributed by atoms with van der Waals surface area (Å²) in [5.41, 5.74) is 3.81. The molecule has 0 spiro atoms. The Morgan fingerprint density at radius 3 is 2.72 bits per heavy atom. The van der Waals surface area contributed by atoms with Gasteiger partial charge in [-0.1, -0.05) is 12.1 Å². The molecular formula is C16H21NO. The molecule has 2 heteroatoms. The first-order valence-corrected chi connectivity index (χ1v) is 7.21. The first-order chi connectivity index (χ1) is 8.84. The Morgan fingerprint density at radius 1 is 1.11 bits per heavy atom. The van der Waals surface area contributed by atoms with Crippen molar-refractivity contribution in [1.29, 1.82) is 0 Å². The first-order valence-electron chi connectivity index (χ1n) is 7.21. The van der Waals surface area contributed by atoms with Crippen molar-refractivity contribution < 1.29 is 4.79 Å². The Labute approximate surface area is 109 Å². The average Bonchev–Trinajstić information content (AvgIpc) is 2.47. The first kappa shape index (κ1) is 11.9. The molecule has 1 aromatic rings. The number of nitrogens with one attached hydrogen (secondary N) is 1. The van der Waals surface area contributed by atoms with Gasteiger partial charge in [-0.3, -0.25) is 4.79 Å². The number of piperidine rings is 1. The summed E-state index contributed by atoms with van der Waals surface area (Å²) in [5.74, 6) is 0.538. The molecule has 2 aliphatic rings. The largest absolute Gasteiger partial charge is 0.316 e. The van der Waals surface area contributed by atoms with E-state index in [2.05, 4.69) is 17.4 Å². The van der Waals surface area contributed by atoms with Crippen molar-refractivity contribution in [2.75, 3.05) is 13.1 Å². The van der Waals surface area contributed by atoms with Crippen molar-refractivity contribution in [3.63, 3.8) is 0 Å². The third kappa shape index (κ3) is 2.35. The number of carbonyl (C=O) groups is 1. The molecule has 0 bridgehead atoms. The number of aryl methyl sites for hydroxylation is 2. The standard InChI is InChI=1S/C16H21NO/c18-16(15-6-3-9-17-11-15)14-8-7-12-4-1-2-5-13(12)10-14/h7-8,10,15,17H,1-6,9,11H2. The van der Waals surface area contributed by atoms with Crippen molar-refractivity contribution in [1.82, 2.24) is 5.32 Å². The van der Waals surface area contributed by atoms with Crippen LogP contribution in [-0.2, 0) is 12.8 Å². The molecule has 1 N–H and O–H groups in total. The van der Waals surface area contributed by atoms with Crippen LogP contribution in [0.5, 0.6) is 0 Å². The minimum Gasteiger partial charge on any atom is -0.316 e. The average molecular weight is 243 g/mol. The Bertz CT molecular complexity index is 446.